The summed E-state index contributed by atoms with van der Waals surface area (Å²) in [6.45, 7) is 7.95. The maximum absolute atomic E-state index is 6.03. The predicted molar refractivity (Wildman–Crippen MR) is 115 cm³/mol. The van der Waals surface area contributed by atoms with Crippen molar-refractivity contribution in [1.82, 2.24) is 14.7 Å². The third kappa shape index (κ3) is 4.14. The van der Waals surface area contributed by atoms with E-state index in [-0.39, 0.29) is 0 Å². The first-order chi connectivity index (χ1) is 13.6. The summed E-state index contributed by atoms with van der Waals surface area (Å²) in [5.41, 5.74) is 5.33. The van der Waals surface area contributed by atoms with Crippen LogP contribution < -0.4 is 15.4 Å². The summed E-state index contributed by atoms with van der Waals surface area (Å²) >= 11 is 1.26. The summed E-state index contributed by atoms with van der Waals surface area (Å²) in [5, 5.41) is 7.19. The van der Waals surface area contributed by atoms with Gasteiger partial charge in [-0.15, -0.1) is 0 Å². The van der Waals surface area contributed by atoms with E-state index in [1.165, 1.54) is 17.1 Å². The minimum absolute atomic E-state index is 0.539. The molecule has 2 N–H and O–H groups in total. The van der Waals surface area contributed by atoms with Gasteiger partial charge in [-0.05, 0) is 50.5 Å². The fourth-order valence-electron chi connectivity index (χ4n) is 2.94. The SMILES string of the molecule is Cc1ccc(-c2nsc(Oc3cc(C)c(NC4=NCCCN4)cc3C)n2)cc1. The van der Waals surface area contributed by atoms with Crippen LogP contribution in [0.3, 0.4) is 0 Å². The molecule has 28 heavy (non-hydrogen) atoms. The first kappa shape index (κ1) is 18.4. The molecule has 0 radical (unpaired) electrons. The van der Waals surface area contributed by atoms with Gasteiger partial charge in [0.1, 0.15) is 5.75 Å². The van der Waals surface area contributed by atoms with Crippen molar-refractivity contribution in [3.8, 4) is 22.3 Å². The minimum atomic E-state index is 0.539. The molecule has 7 heteroatoms. The second-order valence-electron chi connectivity index (χ2n) is 6.92. The monoisotopic (exact) mass is 393 g/mol. The first-order valence-corrected chi connectivity index (χ1v) is 10.1. The number of anilines is 1. The molecule has 0 fully saturated rings. The van der Waals surface area contributed by atoms with Crippen LogP contribution >= 0.6 is 11.5 Å². The molecule has 0 amide bonds. The molecule has 3 aromatic rings. The summed E-state index contributed by atoms with van der Waals surface area (Å²) in [5.74, 6) is 2.30. The lowest BCUT2D eigenvalue weighted by Gasteiger charge is -2.18. The molecule has 1 aromatic heterocycles. The number of aromatic nitrogens is 2. The average molecular weight is 394 g/mol. The quantitative estimate of drug-likeness (QED) is 0.673. The molecule has 4 rings (SSSR count). The Labute approximate surface area is 168 Å². The van der Waals surface area contributed by atoms with Crippen LogP contribution in [0.5, 0.6) is 10.9 Å². The fourth-order valence-corrected chi connectivity index (χ4v) is 3.51. The molecule has 2 heterocycles. The molecule has 0 spiro atoms. The number of nitrogens with one attached hydrogen (secondary N) is 2. The van der Waals surface area contributed by atoms with Gasteiger partial charge < -0.3 is 15.4 Å². The highest BCUT2D eigenvalue weighted by Crippen LogP contribution is 2.32. The Bertz CT molecular complexity index is 1010. The van der Waals surface area contributed by atoms with E-state index < -0.39 is 0 Å². The average Bonchev–Trinajstić information content (AvgIpc) is 3.16. The van der Waals surface area contributed by atoms with Gasteiger partial charge >= 0.3 is 0 Å². The van der Waals surface area contributed by atoms with Gasteiger partial charge in [-0.1, -0.05) is 29.8 Å². The zero-order valence-corrected chi connectivity index (χ0v) is 17.1. The van der Waals surface area contributed by atoms with Crippen molar-refractivity contribution in [2.75, 3.05) is 18.4 Å². The van der Waals surface area contributed by atoms with Crippen LogP contribution in [0.1, 0.15) is 23.1 Å². The van der Waals surface area contributed by atoms with E-state index >= 15 is 0 Å². The van der Waals surface area contributed by atoms with Gasteiger partial charge in [0, 0.05) is 35.9 Å². The van der Waals surface area contributed by atoms with Gasteiger partial charge in [-0.3, -0.25) is 4.99 Å². The zero-order chi connectivity index (χ0) is 19.5. The lowest BCUT2D eigenvalue weighted by molar-refractivity contribution is 0.475. The van der Waals surface area contributed by atoms with Crippen molar-refractivity contribution in [2.24, 2.45) is 4.99 Å². The molecule has 0 unspecified atom stereocenters. The largest absolute Gasteiger partial charge is 0.430 e. The van der Waals surface area contributed by atoms with Crippen LogP contribution in [-0.4, -0.2) is 28.4 Å². The number of rotatable bonds is 4. The van der Waals surface area contributed by atoms with E-state index in [2.05, 4.69) is 57.0 Å². The molecule has 2 aromatic carbocycles. The Hall–Kier alpha value is -2.93. The highest BCUT2D eigenvalue weighted by molar-refractivity contribution is 7.07. The van der Waals surface area contributed by atoms with Crippen LogP contribution in [-0.2, 0) is 0 Å². The molecular weight excluding hydrogens is 370 g/mol. The molecule has 0 aliphatic carbocycles. The molecule has 1 aliphatic rings. The summed E-state index contributed by atoms with van der Waals surface area (Å²) in [6, 6.07) is 12.3. The molecule has 0 saturated carbocycles. The highest BCUT2D eigenvalue weighted by Gasteiger charge is 2.13. The summed E-state index contributed by atoms with van der Waals surface area (Å²) in [6.07, 6.45) is 1.07. The Morgan fingerprint density at radius 1 is 1.07 bits per heavy atom. The van der Waals surface area contributed by atoms with Crippen molar-refractivity contribution < 1.29 is 4.74 Å². The van der Waals surface area contributed by atoms with Gasteiger partial charge in [0.05, 0.1) is 0 Å². The van der Waals surface area contributed by atoms with Crippen LogP contribution in [0.15, 0.2) is 41.4 Å². The second-order valence-corrected chi connectivity index (χ2v) is 7.63. The Kier molecular flexibility index (Phi) is 5.25. The topological polar surface area (TPSA) is 71.4 Å². The smallest absolute Gasteiger partial charge is 0.299 e. The van der Waals surface area contributed by atoms with E-state index in [4.69, 9.17) is 4.74 Å². The van der Waals surface area contributed by atoms with Gasteiger partial charge in [-0.2, -0.15) is 9.36 Å². The van der Waals surface area contributed by atoms with Crippen molar-refractivity contribution in [3.05, 3.63) is 53.1 Å². The number of aliphatic imine (C=N–C) groups is 1. The Morgan fingerprint density at radius 2 is 1.89 bits per heavy atom. The lowest BCUT2D eigenvalue weighted by atomic mass is 10.1. The summed E-state index contributed by atoms with van der Waals surface area (Å²) in [7, 11) is 0. The lowest BCUT2D eigenvalue weighted by Crippen LogP contribution is -2.35. The first-order valence-electron chi connectivity index (χ1n) is 9.34. The fraction of sp³-hybridized carbons (Fsp3) is 0.286. The van der Waals surface area contributed by atoms with Gasteiger partial charge in [0.15, 0.2) is 11.8 Å². The number of hydrogen-bond donors (Lipinski definition) is 2. The van der Waals surface area contributed by atoms with Crippen molar-refractivity contribution >= 4 is 23.2 Å². The number of ether oxygens (including phenoxy) is 1. The maximum Gasteiger partial charge on any atom is 0.299 e. The highest BCUT2D eigenvalue weighted by atomic mass is 32.1. The minimum Gasteiger partial charge on any atom is -0.430 e. The molecule has 144 valence electrons. The van der Waals surface area contributed by atoms with Crippen molar-refractivity contribution in [1.29, 1.82) is 0 Å². The van der Waals surface area contributed by atoms with Crippen LogP contribution in [0.25, 0.3) is 11.4 Å². The maximum atomic E-state index is 6.03. The van der Waals surface area contributed by atoms with Crippen molar-refractivity contribution in [2.45, 2.75) is 27.2 Å². The Balaban J connectivity index is 1.51. The van der Waals surface area contributed by atoms with Crippen molar-refractivity contribution in [3.63, 3.8) is 0 Å². The normalized spacial score (nSPS) is 13.6. The van der Waals surface area contributed by atoms with Crippen LogP contribution in [0.2, 0.25) is 0 Å². The Morgan fingerprint density at radius 3 is 2.64 bits per heavy atom. The molecule has 0 bridgehead atoms. The molecule has 0 atom stereocenters. The number of hydrogen-bond acceptors (Lipinski definition) is 7. The number of guanidine groups is 1. The van der Waals surface area contributed by atoms with E-state index in [1.807, 2.05) is 25.1 Å². The summed E-state index contributed by atoms with van der Waals surface area (Å²) in [4.78, 5) is 9.00. The van der Waals surface area contributed by atoms with Crippen LogP contribution in [0, 0.1) is 20.8 Å². The number of nitrogens with zero attached hydrogens (tertiary/aromatic N) is 3. The van der Waals surface area contributed by atoms with Gasteiger partial charge in [0.25, 0.3) is 5.19 Å². The van der Waals surface area contributed by atoms with Crippen LogP contribution in [0.4, 0.5) is 5.69 Å². The summed E-state index contributed by atoms with van der Waals surface area (Å²) < 4.78 is 10.5. The third-order valence-corrected chi connectivity index (χ3v) is 5.18. The standard InChI is InChI=1S/C21H23N5OS/c1-13-5-7-16(8-6-13)19-25-21(28-26-19)27-18-12-14(2)17(11-15(18)3)24-20-22-9-4-10-23-20/h5-8,11-12H,4,9-10H2,1-3H3,(H2,22,23,24). The molecule has 1 aliphatic heterocycles. The van der Waals surface area contributed by atoms with E-state index in [0.717, 1.165) is 53.6 Å². The second kappa shape index (κ2) is 7.98. The van der Waals surface area contributed by atoms with E-state index in [0.29, 0.717) is 11.0 Å². The molecule has 6 nitrogen and oxygen atoms in total. The molecule has 0 saturated heterocycles. The molecular formula is C21H23N5OS. The van der Waals surface area contributed by atoms with Gasteiger partial charge in [0.2, 0.25) is 0 Å². The van der Waals surface area contributed by atoms with E-state index in [9.17, 15) is 0 Å². The zero-order valence-electron chi connectivity index (χ0n) is 16.2. The number of benzene rings is 2. The third-order valence-electron chi connectivity index (χ3n) is 4.59. The number of aryl methyl sites for hydroxylation is 3. The predicted octanol–water partition coefficient (Wildman–Crippen LogP) is 4.68. The van der Waals surface area contributed by atoms with Gasteiger partial charge in [-0.25, -0.2) is 0 Å². The van der Waals surface area contributed by atoms with E-state index in [1.54, 1.807) is 0 Å².